The molecular weight excluding hydrogens is 248 g/mol. The van der Waals surface area contributed by atoms with Crippen molar-refractivity contribution in [3.05, 3.63) is 23.8 Å². The Morgan fingerprint density at radius 3 is 3.17 bits per heavy atom. The van der Waals surface area contributed by atoms with Crippen molar-refractivity contribution in [3.63, 3.8) is 0 Å². The highest BCUT2D eigenvalue weighted by Crippen LogP contribution is 2.25. The zero-order valence-corrected chi connectivity index (χ0v) is 10.7. The summed E-state index contributed by atoms with van der Waals surface area (Å²) in [6.45, 7) is 2.14. The SMILES string of the molecule is CCOC(=O)CC#Cc1cccc2sc(N)nc12. The summed E-state index contributed by atoms with van der Waals surface area (Å²) < 4.78 is 5.79. The number of hydrogen-bond acceptors (Lipinski definition) is 5. The number of ether oxygens (including phenoxy) is 1. The normalized spacial score (nSPS) is 9.83. The van der Waals surface area contributed by atoms with Crippen LogP contribution in [0.2, 0.25) is 0 Å². The number of carbonyl (C=O) groups excluding carboxylic acids is 1. The van der Waals surface area contributed by atoms with Gasteiger partial charge < -0.3 is 10.5 Å². The fourth-order valence-electron chi connectivity index (χ4n) is 1.49. The molecule has 1 heterocycles. The number of nitrogen functional groups attached to an aromatic ring is 1. The molecule has 0 aliphatic rings. The van der Waals surface area contributed by atoms with Gasteiger partial charge in [0, 0.05) is 0 Å². The predicted molar refractivity (Wildman–Crippen MR) is 72.2 cm³/mol. The predicted octanol–water partition coefficient (Wildman–Crippen LogP) is 2.18. The molecule has 0 amide bonds. The van der Waals surface area contributed by atoms with E-state index in [1.165, 1.54) is 11.3 Å². The number of rotatable bonds is 2. The molecule has 2 rings (SSSR count). The summed E-state index contributed by atoms with van der Waals surface area (Å²) >= 11 is 1.42. The fraction of sp³-hybridized carbons (Fsp3) is 0.231. The lowest BCUT2D eigenvalue weighted by molar-refractivity contribution is -0.141. The lowest BCUT2D eigenvalue weighted by Gasteiger charge is -1.95. The quantitative estimate of drug-likeness (QED) is 0.664. The summed E-state index contributed by atoms with van der Waals surface area (Å²) in [5, 5.41) is 0.518. The monoisotopic (exact) mass is 260 g/mol. The molecule has 2 N–H and O–H groups in total. The van der Waals surface area contributed by atoms with E-state index in [4.69, 9.17) is 10.5 Å². The third-order valence-corrected chi connectivity index (χ3v) is 3.05. The van der Waals surface area contributed by atoms with E-state index >= 15 is 0 Å². The van der Waals surface area contributed by atoms with Gasteiger partial charge in [-0.1, -0.05) is 29.2 Å². The molecular formula is C13H12N2O2S. The summed E-state index contributed by atoms with van der Waals surface area (Å²) in [6.07, 6.45) is 0.0871. The molecule has 18 heavy (non-hydrogen) atoms. The first-order chi connectivity index (χ1) is 8.70. The van der Waals surface area contributed by atoms with Crippen LogP contribution in [0.1, 0.15) is 18.9 Å². The van der Waals surface area contributed by atoms with Gasteiger partial charge >= 0.3 is 5.97 Å². The molecule has 0 saturated carbocycles. The summed E-state index contributed by atoms with van der Waals surface area (Å²) in [7, 11) is 0. The minimum atomic E-state index is -0.310. The number of benzene rings is 1. The Kier molecular flexibility index (Phi) is 3.80. The Balaban J connectivity index is 2.21. The van der Waals surface area contributed by atoms with Gasteiger partial charge in [-0.05, 0) is 19.1 Å². The third kappa shape index (κ3) is 2.79. The van der Waals surface area contributed by atoms with Gasteiger partial charge in [0.1, 0.15) is 6.42 Å². The molecule has 0 fully saturated rings. The number of anilines is 1. The molecule has 5 heteroatoms. The summed E-state index contributed by atoms with van der Waals surface area (Å²) in [5.74, 6) is 5.40. The van der Waals surface area contributed by atoms with E-state index in [0.29, 0.717) is 11.7 Å². The van der Waals surface area contributed by atoms with Gasteiger partial charge in [-0.2, -0.15) is 0 Å². The van der Waals surface area contributed by atoms with Crippen LogP contribution in [0.3, 0.4) is 0 Å². The molecule has 0 aliphatic carbocycles. The molecule has 0 spiro atoms. The van der Waals surface area contributed by atoms with Gasteiger partial charge in [-0.25, -0.2) is 4.98 Å². The number of para-hydroxylation sites is 1. The second-order valence-corrected chi connectivity index (χ2v) is 4.55. The smallest absolute Gasteiger partial charge is 0.317 e. The minimum absolute atomic E-state index is 0.0871. The van der Waals surface area contributed by atoms with Crippen LogP contribution in [0.25, 0.3) is 10.2 Å². The highest BCUT2D eigenvalue weighted by Gasteiger charge is 2.04. The van der Waals surface area contributed by atoms with Gasteiger partial charge in [0.25, 0.3) is 0 Å². The maximum atomic E-state index is 11.1. The van der Waals surface area contributed by atoms with Crippen molar-refractivity contribution >= 4 is 32.7 Å². The average molecular weight is 260 g/mol. The van der Waals surface area contributed by atoms with Crippen LogP contribution in [-0.4, -0.2) is 17.6 Å². The largest absolute Gasteiger partial charge is 0.465 e. The Hall–Kier alpha value is -2.06. The van der Waals surface area contributed by atoms with E-state index in [1.54, 1.807) is 6.92 Å². The van der Waals surface area contributed by atoms with Gasteiger partial charge in [-0.3, -0.25) is 4.79 Å². The van der Waals surface area contributed by atoms with Gasteiger partial charge in [0.2, 0.25) is 0 Å². The van der Waals surface area contributed by atoms with Crippen LogP contribution in [-0.2, 0) is 9.53 Å². The zero-order chi connectivity index (χ0) is 13.0. The number of nitrogens with zero attached hydrogens (tertiary/aromatic N) is 1. The van der Waals surface area contributed by atoms with Crippen LogP contribution in [0.15, 0.2) is 18.2 Å². The number of hydrogen-bond donors (Lipinski definition) is 1. The van der Waals surface area contributed by atoms with Crippen molar-refractivity contribution in [1.29, 1.82) is 0 Å². The minimum Gasteiger partial charge on any atom is -0.465 e. The highest BCUT2D eigenvalue weighted by atomic mass is 32.1. The first-order valence-corrected chi connectivity index (χ1v) is 6.32. The number of carbonyl (C=O) groups is 1. The Labute approximate surface area is 109 Å². The van der Waals surface area contributed by atoms with Crippen LogP contribution in [0.5, 0.6) is 0 Å². The summed E-state index contributed by atoms with van der Waals surface area (Å²) in [5.41, 5.74) is 7.23. The standard InChI is InChI=1S/C13H12N2O2S/c1-2-17-11(16)8-4-6-9-5-3-7-10-12(9)15-13(14)18-10/h3,5,7H,2,8H2,1H3,(H2,14,15). The first-order valence-electron chi connectivity index (χ1n) is 5.50. The molecule has 0 unspecified atom stereocenters. The molecule has 4 nitrogen and oxygen atoms in total. The zero-order valence-electron chi connectivity index (χ0n) is 9.90. The number of fused-ring (bicyclic) bond motifs is 1. The van der Waals surface area contributed by atoms with Crippen molar-refractivity contribution < 1.29 is 9.53 Å². The Morgan fingerprint density at radius 2 is 2.39 bits per heavy atom. The van der Waals surface area contributed by atoms with E-state index in [2.05, 4.69) is 16.8 Å². The van der Waals surface area contributed by atoms with Crippen molar-refractivity contribution in [1.82, 2.24) is 4.98 Å². The molecule has 0 saturated heterocycles. The molecule has 92 valence electrons. The lowest BCUT2D eigenvalue weighted by Crippen LogP contribution is -2.01. The summed E-state index contributed by atoms with van der Waals surface area (Å²) in [4.78, 5) is 15.4. The van der Waals surface area contributed by atoms with Crippen LogP contribution in [0, 0.1) is 11.8 Å². The van der Waals surface area contributed by atoms with Gasteiger partial charge in [-0.15, -0.1) is 0 Å². The van der Waals surface area contributed by atoms with Crippen LogP contribution >= 0.6 is 11.3 Å². The lowest BCUT2D eigenvalue weighted by atomic mass is 10.2. The maximum Gasteiger partial charge on any atom is 0.317 e. The van der Waals surface area contributed by atoms with Crippen molar-refractivity contribution in [2.45, 2.75) is 13.3 Å². The topological polar surface area (TPSA) is 65.2 Å². The maximum absolute atomic E-state index is 11.1. The van der Waals surface area contributed by atoms with Crippen LogP contribution < -0.4 is 5.73 Å². The second-order valence-electron chi connectivity index (χ2n) is 3.49. The average Bonchev–Trinajstić information content (AvgIpc) is 2.70. The second kappa shape index (κ2) is 5.52. The molecule has 0 radical (unpaired) electrons. The van der Waals surface area contributed by atoms with Gasteiger partial charge in [0.15, 0.2) is 5.13 Å². The molecule has 0 atom stereocenters. The molecule has 1 aromatic carbocycles. The third-order valence-electron chi connectivity index (χ3n) is 2.20. The fourth-order valence-corrected chi connectivity index (χ4v) is 2.25. The number of nitrogens with two attached hydrogens (primary N) is 1. The van der Waals surface area contributed by atoms with E-state index in [1.807, 2.05) is 18.2 Å². The van der Waals surface area contributed by atoms with Gasteiger partial charge in [0.05, 0.1) is 22.4 Å². The highest BCUT2D eigenvalue weighted by molar-refractivity contribution is 7.22. The molecule has 2 aromatic rings. The Morgan fingerprint density at radius 1 is 1.56 bits per heavy atom. The van der Waals surface area contributed by atoms with E-state index in [0.717, 1.165) is 15.8 Å². The first kappa shape index (κ1) is 12.4. The van der Waals surface area contributed by atoms with Crippen molar-refractivity contribution in [2.75, 3.05) is 12.3 Å². The molecule has 0 bridgehead atoms. The van der Waals surface area contributed by atoms with E-state index in [-0.39, 0.29) is 12.4 Å². The molecule has 0 aliphatic heterocycles. The summed E-state index contributed by atoms with van der Waals surface area (Å²) in [6, 6.07) is 5.70. The number of aromatic nitrogens is 1. The van der Waals surface area contributed by atoms with Crippen LogP contribution in [0.4, 0.5) is 5.13 Å². The Bertz CT molecular complexity index is 637. The van der Waals surface area contributed by atoms with Crippen molar-refractivity contribution in [3.8, 4) is 11.8 Å². The van der Waals surface area contributed by atoms with E-state index in [9.17, 15) is 4.79 Å². The molecule has 1 aromatic heterocycles. The van der Waals surface area contributed by atoms with E-state index < -0.39 is 0 Å². The van der Waals surface area contributed by atoms with Crippen molar-refractivity contribution in [2.24, 2.45) is 0 Å². The number of esters is 1. The number of thiazole rings is 1.